The van der Waals surface area contributed by atoms with E-state index in [-0.39, 0.29) is 17.2 Å². The Kier molecular flexibility index (Phi) is 4.73. The average molecular weight is 346 g/mol. The van der Waals surface area contributed by atoms with Gasteiger partial charge in [0.15, 0.2) is 0 Å². The summed E-state index contributed by atoms with van der Waals surface area (Å²) in [6.07, 6.45) is 3.12. The summed E-state index contributed by atoms with van der Waals surface area (Å²) in [5, 5.41) is 7.47. The topological polar surface area (TPSA) is 105 Å². The molecule has 1 unspecified atom stereocenters. The molecule has 0 spiro atoms. The van der Waals surface area contributed by atoms with Crippen LogP contribution in [0.2, 0.25) is 0 Å². The van der Waals surface area contributed by atoms with Gasteiger partial charge in [0.05, 0.1) is 0 Å². The Morgan fingerprint density at radius 3 is 2.72 bits per heavy atom. The van der Waals surface area contributed by atoms with E-state index in [0.717, 1.165) is 36.2 Å². The monoisotopic (exact) mass is 346 g/mol. The summed E-state index contributed by atoms with van der Waals surface area (Å²) in [5.74, 6) is 1.16. The van der Waals surface area contributed by atoms with E-state index >= 15 is 0 Å². The van der Waals surface area contributed by atoms with Crippen molar-refractivity contribution >= 4 is 11.6 Å². The van der Waals surface area contributed by atoms with Crippen molar-refractivity contribution in [2.45, 2.75) is 25.3 Å². The Hall–Kier alpha value is -2.84. The second kappa shape index (κ2) is 6.96. The van der Waals surface area contributed by atoms with Gasteiger partial charge in [-0.05, 0) is 25.3 Å². The Balaban J connectivity index is 1.77. The summed E-state index contributed by atoms with van der Waals surface area (Å²) in [4.78, 5) is 39.7. The number of hydrogen-bond acceptors (Lipinski definition) is 6. The zero-order valence-electron chi connectivity index (χ0n) is 14.4. The third-order valence-electron chi connectivity index (χ3n) is 4.54. The zero-order valence-corrected chi connectivity index (χ0v) is 14.4. The van der Waals surface area contributed by atoms with Crippen LogP contribution in [0.3, 0.4) is 0 Å². The predicted molar refractivity (Wildman–Crippen MR) is 95.3 cm³/mol. The number of aromatic nitrogens is 4. The number of nitrogens with one attached hydrogen (secondary N) is 2. The molecule has 9 nitrogen and oxygen atoms in total. The molecule has 0 radical (unpaired) electrons. The molecule has 134 valence electrons. The third kappa shape index (κ3) is 3.65. The van der Waals surface area contributed by atoms with E-state index < -0.39 is 5.69 Å². The normalized spacial score (nSPS) is 17.5. The highest BCUT2D eigenvalue weighted by molar-refractivity contribution is 5.40. The zero-order chi connectivity index (χ0) is 18.0. The summed E-state index contributed by atoms with van der Waals surface area (Å²) in [6, 6.07) is 4.78. The molecule has 25 heavy (non-hydrogen) atoms. The van der Waals surface area contributed by atoms with Gasteiger partial charge in [-0.1, -0.05) is 0 Å². The number of hydrogen-bond donors (Lipinski definition) is 2. The van der Waals surface area contributed by atoms with Crippen LogP contribution in [0.1, 0.15) is 19.3 Å². The van der Waals surface area contributed by atoms with Gasteiger partial charge in [-0.15, -0.1) is 0 Å². The first-order valence-corrected chi connectivity index (χ1v) is 8.31. The average Bonchev–Trinajstić information content (AvgIpc) is 2.60. The minimum absolute atomic E-state index is 0.145. The van der Waals surface area contributed by atoms with Gasteiger partial charge >= 0.3 is 5.69 Å². The second-order valence-electron chi connectivity index (χ2n) is 6.26. The molecule has 9 heteroatoms. The van der Waals surface area contributed by atoms with Crippen molar-refractivity contribution < 1.29 is 0 Å². The van der Waals surface area contributed by atoms with Gasteiger partial charge in [-0.25, -0.2) is 9.48 Å². The minimum Gasteiger partial charge on any atom is -0.369 e. The number of anilines is 2. The van der Waals surface area contributed by atoms with Crippen LogP contribution in [-0.2, 0) is 14.1 Å². The second-order valence-corrected chi connectivity index (χ2v) is 6.26. The molecule has 1 aliphatic rings. The van der Waals surface area contributed by atoms with Crippen molar-refractivity contribution in [3.8, 4) is 0 Å². The molecule has 0 aliphatic carbocycles. The molecule has 0 aromatic carbocycles. The highest BCUT2D eigenvalue weighted by Gasteiger charge is 2.24. The maximum absolute atomic E-state index is 11.7. The van der Waals surface area contributed by atoms with Crippen LogP contribution in [0, 0.1) is 0 Å². The van der Waals surface area contributed by atoms with Crippen molar-refractivity contribution in [3.05, 3.63) is 49.4 Å². The molecule has 0 bridgehead atoms. The van der Waals surface area contributed by atoms with Gasteiger partial charge in [0.2, 0.25) is 0 Å². The first-order chi connectivity index (χ1) is 12.0. The van der Waals surface area contributed by atoms with E-state index in [1.165, 1.54) is 23.9 Å². The Labute approximate surface area is 143 Å². The summed E-state index contributed by atoms with van der Waals surface area (Å²) >= 11 is 0. The molecule has 3 rings (SSSR count). The molecule has 1 aliphatic heterocycles. The number of nitrogens with zero attached hydrogens (tertiary/aromatic N) is 4. The van der Waals surface area contributed by atoms with Crippen LogP contribution in [0.5, 0.6) is 0 Å². The van der Waals surface area contributed by atoms with E-state index in [9.17, 15) is 14.4 Å². The molecule has 0 saturated carbocycles. The smallest absolute Gasteiger partial charge is 0.329 e. The maximum Gasteiger partial charge on any atom is 0.329 e. The van der Waals surface area contributed by atoms with E-state index in [2.05, 4.69) is 20.3 Å². The quantitative estimate of drug-likeness (QED) is 0.783. The van der Waals surface area contributed by atoms with Crippen molar-refractivity contribution in [1.29, 1.82) is 0 Å². The molecular weight excluding hydrogens is 324 g/mol. The fourth-order valence-corrected chi connectivity index (χ4v) is 3.04. The van der Waals surface area contributed by atoms with Gasteiger partial charge in [0.25, 0.3) is 11.1 Å². The highest BCUT2D eigenvalue weighted by atomic mass is 16.2. The van der Waals surface area contributed by atoms with Crippen LogP contribution in [0.15, 0.2) is 32.6 Å². The van der Waals surface area contributed by atoms with Gasteiger partial charge in [0, 0.05) is 45.4 Å². The Bertz CT molecular complexity index is 897. The first-order valence-electron chi connectivity index (χ1n) is 8.31. The number of H-pyrrole nitrogens is 1. The van der Waals surface area contributed by atoms with Crippen molar-refractivity contribution in [2.75, 3.05) is 23.3 Å². The maximum atomic E-state index is 11.7. The molecule has 0 amide bonds. The predicted octanol–water partition coefficient (Wildman–Crippen LogP) is -0.362. The number of aryl methyl sites for hydroxylation is 1. The molecule has 2 aromatic heterocycles. The molecule has 1 fully saturated rings. The molecule has 3 heterocycles. The molecule has 2 aromatic rings. The summed E-state index contributed by atoms with van der Waals surface area (Å²) in [5.41, 5.74) is -0.949. The van der Waals surface area contributed by atoms with E-state index in [4.69, 9.17) is 0 Å². The van der Waals surface area contributed by atoms with E-state index in [1.807, 2.05) is 0 Å². The van der Waals surface area contributed by atoms with Gasteiger partial charge in [-0.2, -0.15) is 5.10 Å². The fraction of sp³-hybridized carbons (Fsp3) is 0.500. The largest absolute Gasteiger partial charge is 0.369 e. The van der Waals surface area contributed by atoms with Crippen LogP contribution < -0.4 is 27.0 Å². The van der Waals surface area contributed by atoms with E-state index in [0.29, 0.717) is 12.4 Å². The van der Waals surface area contributed by atoms with Crippen molar-refractivity contribution in [1.82, 2.24) is 19.3 Å². The van der Waals surface area contributed by atoms with Crippen LogP contribution in [-0.4, -0.2) is 38.5 Å². The minimum atomic E-state index is -0.449. The van der Waals surface area contributed by atoms with Crippen LogP contribution in [0.25, 0.3) is 0 Å². The van der Waals surface area contributed by atoms with Crippen LogP contribution in [0.4, 0.5) is 11.6 Å². The Morgan fingerprint density at radius 1 is 1.20 bits per heavy atom. The Morgan fingerprint density at radius 2 is 2.00 bits per heavy atom. The SMILES string of the molecule is Cn1nc(N2CCCCC2CNc2cc(=O)n(C)c(=O)[nH]2)ccc1=O. The van der Waals surface area contributed by atoms with Crippen molar-refractivity contribution in [2.24, 2.45) is 14.1 Å². The third-order valence-corrected chi connectivity index (χ3v) is 4.54. The highest BCUT2D eigenvalue weighted by Crippen LogP contribution is 2.22. The van der Waals surface area contributed by atoms with Crippen molar-refractivity contribution in [3.63, 3.8) is 0 Å². The number of aromatic amines is 1. The van der Waals surface area contributed by atoms with E-state index in [1.54, 1.807) is 13.1 Å². The summed E-state index contributed by atoms with van der Waals surface area (Å²) in [7, 11) is 3.06. The molecule has 2 N–H and O–H groups in total. The molecule has 1 saturated heterocycles. The molecule has 1 atom stereocenters. The standard InChI is InChI=1S/C16H22N6O3/c1-20-15(24)9-12(18-16(20)25)17-10-11-5-3-4-8-22(11)13-6-7-14(23)21(2)19-13/h6-7,9,11,17H,3-5,8,10H2,1-2H3,(H,18,25). The lowest BCUT2D eigenvalue weighted by Crippen LogP contribution is -2.45. The fourth-order valence-electron chi connectivity index (χ4n) is 3.04. The number of rotatable bonds is 4. The summed E-state index contributed by atoms with van der Waals surface area (Å²) < 4.78 is 2.35. The van der Waals surface area contributed by atoms with Gasteiger partial charge in [0.1, 0.15) is 11.6 Å². The lowest BCUT2D eigenvalue weighted by atomic mass is 10.0. The van der Waals surface area contributed by atoms with Gasteiger partial charge < -0.3 is 10.2 Å². The van der Waals surface area contributed by atoms with Gasteiger partial charge in [-0.3, -0.25) is 19.1 Å². The number of piperidine rings is 1. The first kappa shape index (κ1) is 17.0. The molecular formula is C16H22N6O3. The summed E-state index contributed by atoms with van der Waals surface area (Å²) in [6.45, 7) is 1.41. The lowest BCUT2D eigenvalue weighted by molar-refractivity contribution is 0.464. The lowest BCUT2D eigenvalue weighted by Gasteiger charge is -2.36. The van der Waals surface area contributed by atoms with Crippen LogP contribution >= 0.6 is 0 Å².